The SMILES string of the molecule is COC(=O)[C@@]12OC[C@]34[C@H]([C@@H](O)[C@@H]1O)[C@@]1(C)C=C(O[C@@H]5OC[C@@H](O)[C@H](O)[C@H]5O)C(=O)[C@@H](C)[C@@H]1C[C@H]3OC(=O)[C@H](OC(=O)/C=C(\C)C(C)(C)OC(C)=O)[C@@H]24. The van der Waals surface area contributed by atoms with E-state index in [9.17, 15) is 49.5 Å². The lowest BCUT2D eigenvalue weighted by molar-refractivity contribution is -0.289. The first-order valence-corrected chi connectivity index (χ1v) is 17.2. The number of allylic oxidation sites excluding steroid dienone is 2. The van der Waals surface area contributed by atoms with E-state index in [0.717, 1.165) is 13.2 Å². The number of fused-ring (bicyclic) bond motifs is 2. The summed E-state index contributed by atoms with van der Waals surface area (Å²) in [6, 6.07) is 0. The molecule has 0 aromatic carbocycles. The lowest BCUT2D eigenvalue weighted by Crippen LogP contribution is -2.79. The standard InChI is InChI=1S/C35H46O17/c1-13(32(4,5)52-15(3)36)8-20(38)51-25-27-34-12-48-35(27,31(45)46-7)28(43)24(42)26(34)33(6)10-18(49-30-23(41)22(40)17(37)11-47-30)21(39)14(2)16(33)9-19(34)50-29(25)44/h8,10,14,16-17,19,22-28,30,37,40-43H,9,11-12H2,1-7H3/b13-8+/t14-,16-,17+,19+,22-,23+,24+,25+,26+,27+,28-,30-,33-,34+,35-/m0/s1. The summed E-state index contributed by atoms with van der Waals surface area (Å²) in [6.45, 7) is 8.37. The maximum absolute atomic E-state index is 13.9. The zero-order valence-electron chi connectivity index (χ0n) is 29.8. The Hall–Kier alpha value is -3.45. The highest BCUT2D eigenvalue weighted by Crippen LogP contribution is 2.72. The van der Waals surface area contributed by atoms with Crippen LogP contribution in [0.15, 0.2) is 23.5 Å². The summed E-state index contributed by atoms with van der Waals surface area (Å²) in [5.41, 5.74) is -6.18. The zero-order chi connectivity index (χ0) is 38.5. The van der Waals surface area contributed by atoms with Crippen LogP contribution in [0.1, 0.15) is 48.0 Å². The smallest absolute Gasteiger partial charge is 0.348 e. The van der Waals surface area contributed by atoms with Crippen LogP contribution in [0.5, 0.6) is 0 Å². The minimum atomic E-state index is -2.40. The highest BCUT2D eigenvalue weighted by atomic mass is 16.7. The lowest BCUT2D eigenvalue weighted by Gasteiger charge is -2.67. The van der Waals surface area contributed by atoms with Gasteiger partial charge >= 0.3 is 23.9 Å². The van der Waals surface area contributed by atoms with Crippen LogP contribution in [0.25, 0.3) is 0 Å². The van der Waals surface area contributed by atoms with E-state index < -0.39 is 131 Å². The Kier molecular flexibility index (Phi) is 9.46. The molecule has 5 N–H and O–H groups in total. The number of hydrogen-bond donors (Lipinski definition) is 5. The van der Waals surface area contributed by atoms with E-state index in [2.05, 4.69) is 0 Å². The molecule has 3 heterocycles. The van der Waals surface area contributed by atoms with Gasteiger partial charge in [-0.1, -0.05) is 13.8 Å². The normalized spacial score (nSPS) is 45.5. The van der Waals surface area contributed by atoms with Gasteiger partial charge in [-0.3, -0.25) is 9.59 Å². The predicted octanol–water partition coefficient (Wildman–Crippen LogP) is -1.41. The molecule has 3 aliphatic carbocycles. The Morgan fingerprint density at radius 2 is 1.69 bits per heavy atom. The van der Waals surface area contributed by atoms with Crippen LogP contribution < -0.4 is 0 Å². The van der Waals surface area contributed by atoms with Gasteiger partial charge in [0.2, 0.25) is 18.0 Å². The van der Waals surface area contributed by atoms with Gasteiger partial charge in [0, 0.05) is 30.3 Å². The first-order valence-electron chi connectivity index (χ1n) is 17.2. The summed E-state index contributed by atoms with van der Waals surface area (Å²) in [5, 5.41) is 54.7. The van der Waals surface area contributed by atoms with E-state index in [4.69, 9.17) is 33.2 Å². The van der Waals surface area contributed by atoms with Gasteiger partial charge in [0.05, 0.1) is 32.3 Å². The molecule has 0 amide bonds. The Balaban J connectivity index is 1.45. The number of Topliss-reactive ketones (excluding diaryl/α,β-unsaturated/α-hetero) is 1. The van der Waals surface area contributed by atoms with Gasteiger partial charge in [0.1, 0.15) is 36.1 Å². The van der Waals surface area contributed by atoms with Crippen molar-refractivity contribution in [2.45, 2.75) is 108 Å². The van der Waals surface area contributed by atoms with Crippen molar-refractivity contribution in [1.82, 2.24) is 0 Å². The summed E-state index contributed by atoms with van der Waals surface area (Å²) in [6.07, 6.45) is -10.6. The van der Waals surface area contributed by atoms with E-state index in [0.29, 0.717) is 0 Å². The molecule has 0 aromatic heterocycles. The van der Waals surface area contributed by atoms with Crippen molar-refractivity contribution in [3.05, 3.63) is 23.5 Å². The van der Waals surface area contributed by atoms with E-state index in [1.165, 1.54) is 19.9 Å². The average molecular weight is 739 g/mol. The van der Waals surface area contributed by atoms with Crippen molar-refractivity contribution in [3.8, 4) is 0 Å². The van der Waals surface area contributed by atoms with Crippen molar-refractivity contribution in [1.29, 1.82) is 0 Å². The highest BCUT2D eigenvalue weighted by molar-refractivity contribution is 5.97. The maximum Gasteiger partial charge on any atom is 0.348 e. The highest BCUT2D eigenvalue weighted by Gasteiger charge is 2.85. The van der Waals surface area contributed by atoms with Crippen LogP contribution in [0, 0.1) is 34.5 Å². The van der Waals surface area contributed by atoms with Gasteiger partial charge in [0.15, 0.2) is 11.5 Å². The molecule has 3 aliphatic heterocycles. The topological polar surface area (TPSA) is 251 Å². The molecular formula is C35H46O17. The molecule has 6 aliphatic rings. The number of aliphatic hydroxyl groups is 5. The molecule has 0 radical (unpaired) electrons. The Bertz CT molecular complexity index is 1600. The quantitative estimate of drug-likeness (QED) is 0.114. The van der Waals surface area contributed by atoms with Gasteiger partial charge in [-0.05, 0) is 50.2 Å². The fraction of sp³-hybridized carbons (Fsp3) is 0.743. The average Bonchev–Trinajstić information content (AvgIpc) is 3.37. The predicted molar refractivity (Wildman–Crippen MR) is 169 cm³/mol. The molecule has 52 heavy (non-hydrogen) atoms. The van der Waals surface area contributed by atoms with Crippen molar-refractivity contribution >= 4 is 29.7 Å². The molecule has 17 nitrogen and oxygen atoms in total. The monoisotopic (exact) mass is 738 g/mol. The van der Waals surface area contributed by atoms with Crippen LogP contribution >= 0.6 is 0 Å². The van der Waals surface area contributed by atoms with Gasteiger partial charge in [-0.25, -0.2) is 14.4 Å². The zero-order valence-corrected chi connectivity index (χ0v) is 29.8. The molecule has 17 heteroatoms. The van der Waals surface area contributed by atoms with Crippen molar-refractivity contribution in [3.63, 3.8) is 0 Å². The van der Waals surface area contributed by atoms with Crippen molar-refractivity contribution in [2.75, 3.05) is 20.3 Å². The van der Waals surface area contributed by atoms with E-state index in [1.807, 2.05) is 0 Å². The fourth-order valence-corrected chi connectivity index (χ4v) is 9.85. The summed E-state index contributed by atoms with van der Waals surface area (Å²) < 4.78 is 39.5. The van der Waals surface area contributed by atoms with Crippen molar-refractivity contribution in [2.24, 2.45) is 34.5 Å². The molecule has 288 valence electrons. The van der Waals surface area contributed by atoms with Crippen LogP contribution in [-0.4, -0.2) is 136 Å². The molecule has 6 rings (SSSR count). The fourth-order valence-electron chi connectivity index (χ4n) is 9.85. The summed E-state index contributed by atoms with van der Waals surface area (Å²) in [4.78, 5) is 66.5. The van der Waals surface area contributed by atoms with E-state index in [1.54, 1.807) is 27.7 Å². The Morgan fingerprint density at radius 1 is 1.02 bits per heavy atom. The van der Waals surface area contributed by atoms with Crippen molar-refractivity contribution < 1.29 is 82.7 Å². The number of rotatable bonds is 7. The Morgan fingerprint density at radius 3 is 2.33 bits per heavy atom. The van der Waals surface area contributed by atoms with Gasteiger partial charge in [0.25, 0.3) is 0 Å². The minimum Gasteiger partial charge on any atom is -0.467 e. The van der Waals surface area contributed by atoms with Crippen LogP contribution in [0.3, 0.4) is 0 Å². The first kappa shape index (κ1) is 38.3. The molecular weight excluding hydrogens is 692 g/mol. The molecule has 0 aromatic rings. The van der Waals surface area contributed by atoms with Crippen LogP contribution in [0.2, 0.25) is 0 Å². The van der Waals surface area contributed by atoms with Gasteiger partial charge < -0.3 is 58.7 Å². The van der Waals surface area contributed by atoms with E-state index in [-0.39, 0.29) is 24.4 Å². The largest absolute Gasteiger partial charge is 0.467 e. The third kappa shape index (κ3) is 5.33. The second-order valence-electron chi connectivity index (χ2n) is 15.5. The molecule has 3 saturated heterocycles. The first-order chi connectivity index (χ1) is 24.2. The second-order valence-corrected chi connectivity index (χ2v) is 15.5. The molecule has 2 bridgehead atoms. The number of methoxy groups -OCH3 is 1. The molecule has 1 spiro atoms. The number of carbonyl (C=O) groups excluding carboxylic acids is 5. The number of esters is 4. The summed E-state index contributed by atoms with van der Waals surface area (Å²) >= 11 is 0. The third-order valence-corrected chi connectivity index (χ3v) is 12.4. The molecule has 15 atom stereocenters. The van der Waals surface area contributed by atoms with Gasteiger partial charge in [-0.2, -0.15) is 0 Å². The number of hydrogen-bond acceptors (Lipinski definition) is 17. The lowest BCUT2D eigenvalue weighted by atomic mass is 9.38. The van der Waals surface area contributed by atoms with Crippen LogP contribution in [-0.2, 0) is 57.1 Å². The van der Waals surface area contributed by atoms with Crippen LogP contribution in [0.4, 0.5) is 0 Å². The third-order valence-electron chi connectivity index (χ3n) is 12.4. The second kappa shape index (κ2) is 12.8. The minimum absolute atomic E-state index is 0.0269. The van der Waals surface area contributed by atoms with E-state index >= 15 is 0 Å². The number of aliphatic hydroxyl groups excluding tert-OH is 5. The Labute approximate surface area is 298 Å². The molecule has 5 fully saturated rings. The summed E-state index contributed by atoms with van der Waals surface area (Å²) in [5.74, 6) is -8.73. The number of ketones is 1. The molecule has 2 saturated carbocycles. The number of carbonyl (C=O) groups is 5. The molecule has 0 unspecified atom stereocenters. The maximum atomic E-state index is 13.9. The van der Waals surface area contributed by atoms with Gasteiger partial charge in [-0.15, -0.1) is 0 Å². The number of ether oxygens (including phenoxy) is 7. The summed E-state index contributed by atoms with van der Waals surface area (Å²) in [7, 11) is 1.04.